The zero-order valence-electron chi connectivity index (χ0n) is 9.37. The summed E-state index contributed by atoms with van der Waals surface area (Å²) in [5.41, 5.74) is 1.32. The van der Waals surface area contributed by atoms with Crippen molar-refractivity contribution in [1.29, 1.82) is 0 Å². The smallest absolute Gasteiger partial charge is 0.269 e. The first-order chi connectivity index (χ1) is 7.13. The van der Waals surface area contributed by atoms with Gasteiger partial charge in [-0.2, -0.15) is 0 Å². The molecule has 0 bridgehead atoms. The van der Waals surface area contributed by atoms with Gasteiger partial charge in [0.1, 0.15) is 5.69 Å². The molecule has 0 aliphatic rings. The maximum atomic E-state index is 11.6. The Bertz CT molecular complexity index is 338. The summed E-state index contributed by atoms with van der Waals surface area (Å²) in [7, 11) is 1.86. The molecule has 0 aliphatic carbocycles. The minimum absolute atomic E-state index is 0.124. The summed E-state index contributed by atoms with van der Waals surface area (Å²) in [6, 6.07) is 5.68. The summed E-state index contributed by atoms with van der Waals surface area (Å²) in [5, 5.41) is 5.86. The van der Waals surface area contributed by atoms with Crippen LogP contribution in [-0.4, -0.2) is 30.5 Å². The number of pyridine rings is 1. The highest BCUT2D eigenvalue weighted by molar-refractivity contribution is 5.92. The highest BCUT2D eigenvalue weighted by Gasteiger charge is 2.07. The molecule has 82 valence electrons. The molecule has 1 aromatic rings. The van der Waals surface area contributed by atoms with Crippen LogP contribution in [0.25, 0.3) is 0 Å². The van der Waals surface area contributed by atoms with Gasteiger partial charge in [0.15, 0.2) is 0 Å². The van der Waals surface area contributed by atoms with Crippen LogP contribution in [0.5, 0.6) is 0 Å². The van der Waals surface area contributed by atoms with Crippen molar-refractivity contribution < 1.29 is 4.79 Å². The second-order valence-corrected chi connectivity index (χ2v) is 3.56. The molecule has 15 heavy (non-hydrogen) atoms. The van der Waals surface area contributed by atoms with E-state index < -0.39 is 0 Å². The SMILES string of the molecule is CNC(C)CNC(=O)c1cccc(C)n1. The molecular weight excluding hydrogens is 190 g/mol. The lowest BCUT2D eigenvalue weighted by molar-refractivity contribution is 0.0945. The molecule has 1 rings (SSSR count). The van der Waals surface area contributed by atoms with Crippen LogP contribution < -0.4 is 10.6 Å². The van der Waals surface area contributed by atoms with E-state index in [9.17, 15) is 4.79 Å². The van der Waals surface area contributed by atoms with Crippen molar-refractivity contribution in [2.75, 3.05) is 13.6 Å². The Balaban J connectivity index is 2.54. The molecule has 4 nitrogen and oxygen atoms in total. The van der Waals surface area contributed by atoms with Gasteiger partial charge in [-0.05, 0) is 33.0 Å². The van der Waals surface area contributed by atoms with Crippen molar-refractivity contribution in [3.8, 4) is 0 Å². The maximum absolute atomic E-state index is 11.6. The molecule has 0 aromatic carbocycles. The topological polar surface area (TPSA) is 54.0 Å². The van der Waals surface area contributed by atoms with Crippen LogP contribution in [0, 0.1) is 6.92 Å². The maximum Gasteiger partial charge on any atom is 0.269 e. The number of aromatic nitrogens is 1. The van der Waals surface area contributed by atoms with Gasteiger partial charge in [0.05, 0.1) is 0 Å². The number of hydrogen-bond donors (Lipinski definition) is 2. The zero-order chi connectivity index (χ0) is 11.3. The van der Waals surface area contributed by atoms with Crippen LogP contribution in [-0.2, 0) is 0 Å². The molecule has 0 fully saturated rings. The summed E-state index contributed by atoms with van der Waals surface area (Å²) in [6.07, 6.45) is 0. The number of carbonyl (C=O) groups excluding carboxylic acids is 1. The van der Waals surface area contributed by atoms with E-state index in [2.05, 4.69) is 15.6 Å². The molecule has 1 unspecified atom stereocenters. The largest absolute Gasteiger partial charge is 0.349 e. The van der Waals surface area contributed by atoms with Gasteiger partial charge in [-0.15, -0.1) is 0 Å². The Kier molecular flexibility index (Phi) is 4.24. The van der Waals surface area contributed by atoms with E-state index in [0.717, 1.165) is 5.69 Å². The molecule has 1 atom stereocenters. The van der Waals surface area contributed by atoms with Crippen LogP contribution >= 0.6 is 0 Å². The van der Waals surface area contributed by atoms with Crippen molar-refractivity contribution in [1.82, 2.24) is 15.6 Å². The molecule has 0 spiro atoms. The van der Waals surface area contributed by atoms with Crippen molar-refractivity contribution in [2.45, 2.75) is 19.9 Å². The van der Waals surface area contributed by atoms with Crippen LogP contribution in [0.2, 0.25) is 0 Å². The van der Waals surface area contributed by atoms with Crippen LogP contribution in [0.4, 0.5) is 0 Å². The third kappa shape index (κ3) is 3.67. The predicted molar refractivity (Wildman–Crippen MR) is 59.8 cm³/mol. The van der Waals surface area contributed by atoms with E-state index in [0.29, 0.717) is 12.2 Å². The van der Waals surface area contributed by atoms with E-state index >= 15 is 0 Å². The lowest BCUT2D eigenvalue weighted by Crippen LogP contribution is -2.37. The first kappa shape index (κ1) is 11.7. The summed E-state index contributed by atoms with van der Waals surface area (Å²) >= 11 is 0. The van der Waals surface area contributed by atoms with Gasteiger partial charge in [-0.3, -0.25) is 4.79 Å². The first-order valence-electron chi connectivity index (χ1n) is 5.02. The molecule has 1 heterocycles. The Morgan fingerprint density at radius 3 is 2.87 bits per heavy atom. The minimum atomic E-state index is -0.124. The molecule has 0 aliphatic heterocycles. The monoisotopic (exact) mass is 207 g/mol. The fourth-order valence-electron chi connectivity index (χ4n) is 1.11. The van der Waals surface area contributed by atoms with E-state index in [1.165, 1.54) is 0 Å². The lowest BCUT2D eigenvalue weighted by atomic mass is 10.3. The number of nitrogens with one attached hydrogen (secondary N) is 2. The number of carbonyl (C=O) groups is 1. The molecule has 4 heteroatoms. The highest BCUT2D eigenvalue weighted by atomic mass is 16.1. The minimum Gasteiger partial charge on any atom is -0.349 e. The highest BCUT2D eigenvalue weighted by Crippen LogP contribution is 1.97. The second-order valence-electron chi connectivity index (χ2n) is 3.56. The Hall–Kier alpha value is -1.42. The lowest BCUT2D eigenvalue weighted by Gasteiger charge is -2.10. The second kappa shape index (κ2) is 5.46. The van der Waals surface area contributed by atoms with Gasteiger partial charge in [0.25, 0.3) is 5.91 Å². The number of likely N-dealkylation sites (N-methyl/N-ethyl adjacent to an activating group) is 1. The first-order valence-corrected chi connectivity index (χ1v) is 5.02. The van der Waals surface area contributed by atoms with Gasteiger partial charge in [0.2, 0.25) is 0 Å². The summed E-state index contributed by atoms with van der Waals surface area (Å²) < 4.78 is 0. The zero-order valence-corrected chi connectivity index (χ0v) is 9.37. The molecule has 1 amide bonds. The van der Waals surface area contributed by atoms with Crippen molar-refractivity contribution >= 4 is 5.91 Å². The third-order valence-corrected chi connectivity index (χ3v) is 2.18. The van der Waals surface area contributed by atoms with Gasteiger partial charge < -0.3 is 10.6 Å². The molecular formula is C11H17N3O. The van der Waals surface area contributed by atoms with Gasteiger partial charge in [-0.1, -0.05) is 6.07 Å². The van der Waals surface area contributed by atoms with E-state index in [1.807, 2.05) is 33.0 Å². The molecule has 0 saturated heterocycles. The van der Waals surface area contributed by atoms with Gasteiger partial charge in [0, 0.05) is 18.3 Å². The standard InChI is InChI=1S/C11H17N3O/c1-8-5-4-6-10(14-8)11(15)13-7-9(2)12-3/h4-6,9,12H,7H2,1-3H3,(H,13,15). The number of hydrogen-bond acceptors (Lipinski definition) is 3. The number of nitrogens with zero attached hydrogens (tertiary/aromatic N) is 1. The van der Waals surface area contributed by atoms with E-state index in [4.69, 9.17) is 0 Å². The van der Waals surface area contributed by atoms with Crippen LogP contribution in [0.15, 0.2) is 18.2 Å². The molecule has 0 saturated carbocycles. The average Bonchev–Trinajstić information content (AvgIpc) is 2.25. The molecule has 0 radical (unpaired) electrons. The fourth-order valence-corrected chi connectivity index (χ4v) is 1.11. The molecule has 2 N–H and O–H groups in total. The molecule has 1 aromatic heterocycles. The quantitative estimate of drug-likeness (QED) is 0.765. The van der Waals surface area contributed by atoms with Crippen LogP contribution in [0.3, 0.4) is 0 Å². The van der Waals surface area contributed by atoms with Gasteiger partial charge in [-0.25, -0.2) is 4.98 Å². The normalized spacial score (nSPS) is 12.2. The summed E-state index contributed by atoms with van der Waals surface area (Å²) in [4.78, 5) is 15.8. The predicted octanol–water partition coefficient (Wildman–Crippen LogP) is 0.728. The number of amides is 1. The number of rotatable bonds is 4. The Morgan fingerprint density at radius 2 is 2.27 bits per heavy atom. The van der Waals surface area contributed by atoms with Gasteiger partial charge >= 0.3 is 0 Å². The average molecular weight is 207 g/mol. The Labute approximate surface area is 90.1 Å². The Morgan fingerprint density at radius 1 is 1.53 bits per heavy atom. The van der Waals surface area contributed by atoms with Crippen molar-refractivity contribution in [3.63, 3.8) is 0 Å². The third-order valence-electron chi connectivity index (χ3n) is 2.18. The summed E-state index contributed by atoms with van der Waals surface area (Å²) in [5.74, 6) is -0.124. The number of aryl methyl sites for hydroxylation is 1. The van der Waals surface area contributed by atoms with E-state index in [-0.39, 0.29) is 11.9 Å². The van der Waals surface area contributed by atoms with Crippen LogP contribution in [0.1, 0.15) is 23.1 Å². The van der Waals surface area contributed by atoms with Crippen molar-refractivity contribution in [2.24, 2.45) is 0 Å². The fraction of sp³-hybridized carbons (Fsp3) is 0.455. The van der Waals surface area contributed by atoms with E-state index in [1.54, 1.807) is 6.07 Å². The van der Waals surface area contributed by atoms with Crippen molar-refractivity contribution in [3.05, 3.63) is 29.6 Å². The summed E-state index contributed by atoms with van der Waals surface area (Å²) in [6.45, 7) is 4.47.